The molecule has 152 valence electrons. The molecule has 0 aliphatic heterocycles. The highest BCUT2D eigenvalue weighted by molar-refractivity contribution is 7.21. The van der Waals surface area contributed by atoms with Crippen LogP contribution in [0.3, 0.4) is 0 Å². The number of carbonyl (C=O) groups is 1. The molecule has 0 unspecified atom stereocenters. The van der Waals surface area contributed by atoms with Crippen molar-refractivity contribution >= 4 is 44.2 Å². The quantitative estimate of drug-likeness (QED) is 0.468. The van der Waals surface area contributed by atoms with Crippen molar-refractivity contribution in [3.8, 4) is 10.6 Å². The molecule has 8 heteroatoms. The van der Waals surface area contributed by atoms with Gasteiger partial charge in [0.05, 0.1) is 17.2 Å². The van der Waals surface area contributed by atoms with Crippen LogP contribution >= 0.6 is 11.3 Å². The maximum absolute atomic E-state index is 12.7. The van der Waals surface area contributed by atoms with E-state index < -0.39 is 0 Å². The van der Waals surface area contributed by atoms with Crippen molar-refractivity contribution in [2.75, 3.05) is 5.32 Å². The molecule has 0 saturated heterocycles. The number of nitrogens with one attached hydrogen (secondary N) is 1. The summed E-state index contributed by atoms with van der Waals surface area (Å²) in [6.45, 7) is 1.80. The van der Waals surface area contributed by atoms with Crippen molar-refractivity contribution in [3.63, 3.8) is 0 Å². The molecular weight excluding hydrogens is 410 g/mol. The molecule has 3 heterocycles. The maximum Gasteiger partial charge on any atom is 0.261 e. The molecule has 31 heavy (non-hydrogen) atoms. The van der Waals surface area contributed by atoms with E-state index in [0.29, 0.717) is 16.6 Å². The van der Waals surface area contributed by atoms with E-state index in [1.54, 1.807) is 24.4 Å². The molecule has 0 atom stereocenters. The van der Waals surface area contributed by atoms with Gasteiger partial charge >= 0.3 is 0 Å². The standard InChI is InChI=1S/C23H17N5O2S/c1-14-8-9-15(21-27-18-7-4-10-24-22(18)31-21)11-19(14)26-20(29)12-28-13-25-17-6-3-2-5-16(17)23(28)30/h2-11,13H,12H2,1H3,(H,26,29). The minimum Gasteiger partial charge on any atom is -0.324 e. The molecule has 0 fully saturated rings. The van der Waals surface area contributed by atoms with Gasteiger partial charge in [0.25, 0.3) is 5.56 Å². The molecule has 0 aliphatic rings. The molecule has 5 rings (SSSR count). The van der Waals surface area contributed by atoms with Gasteiger partial charge in [-0.2, -0.15) is 0 Å². The highest BCUT2D eigenvalue weighted by Crippen LogP contribution is 2.31. The minimum atomic E-state index is -0.301. The van der Waals surface area contributed by atoms with Crippen LogP contribution in [-0.4, -0.2) is 25.4 Å². The number of anilines is 1. The Balaban J connectivity index is 1.41. The Morgan fingerprint density at radius 3 is 2.77 bits per heavy atom. The Morgan fingerprint density at radius 2 is 1.90 bits per heavy atom. The normalized spacial score (nSPS) is 11.1. The molecule has 0 bridgehead atoms. The third kappa shape index (κ3) is 3.69. The number of aryl methyl sites for hydroxylation is 1. The zero-order valence-electron chi connectivity index (χ0n) is 16.6. The first kappa shape index (κ1) is 19.1. The summed E-state index contributed by atoms with van der Waals surface area (Å²) in [6, 6.07) is 16.7. The number of pyridine rings is 1. The van der Waals surface area contributed by atoms with Crippen molar-refractivity contribution < 1.29 is 4.79 Å². The minimum absolute atomic E-state index is 0.120. The molecule has 2 aromatic carbocycles. The summed E-state index contributed by atoms with van der Waals surface area (Å²) in [5.74, 6) is -0.301. The lowest BCUT2D eigenvalue weighted by atomic mass is 10.1. The number of benzene rings is 2. The highest BCUT2D eigenvalue weighted by Gasteiger charge is 2.12. The van der Waals surface area contributed by atoms with Gasteiger partial charge in [0.2, 0.25) is 5.91 Å². The van der Waals surface area contributed by atoms with Gasteiger partial charge in [-0.05, 0) is 42.8 Å². The van der Waals surface area contributed by atoms with Crippen LogP contribution in [-0.2, 0) is 11.3 Å². The Hall–Kier alpha value is -3.91. The van der Waals surface area contributed by atoms with Gasteiger partial charge in [-0.25, -0.2) is 15.0 Å². The van der Waals surface area contributed by atoms with Crippen LogP contribution in [0.5, 0.6) is 0 Å². The van der Waals surface area contributed by atoms with Gasteiger partial charge in [0.1, 0.15) is 21.9 Å². The Bertz CT molecular complexity index is 1470. The number of fused-ring (bicyclic) bond motifs is 2. The van der Waals surface area contributed by atoms with E-state index in [4.69, 9.17) is 0 Å². The average molecular weight is 427 g/mol. The SMILES string of the molecule is Cc1ccc(-c2nc3cccnc3s2)cc1NC(=O)Cn1cnc2ccccc2c1=O. The molecule has 1 N–H and O–H groups in total. The van der Waals surface area contributed by atoms with Gasteiger partial charge in [0.15, 0.2) is 0 Å². The molecular formula is C23H17N5O2S. The monoisotopic (exact) mass is 427 g/mol. The van der Waals surface area contributed by atoms with E-state index in [-0.39, 0.29) is 18.0 Å². The Kier molecular flexibility index (Phi) is 4.76. The molecule has 0 radical (unpaired) electrons. The summed E-state index contributed by atoms with van der Waals surface area (Å²) in [7, 11) is 0. The van der Waals surface area contributed by atoms with Gasteiger partial charge < -0.3 is 5.32 Å². The first-order chi connectivity index (χ1) is 15.1. The van der Waals surface area contributed by atoms with Gasteiger partial charge in [-0.1, -0.05) is 35.6 Å². The molecule has 0 spiro atoms. The number of aromatic nitrogens is 4. The van der Waals surface area contributed by atoms with Crippen LogP contribution in [0.4, 0.5) is 5.69 Å². The number of thiazole rings is 1. The van der Waals surface area contributed by atoms with Gasteiger partial charge in [-0.3, -0.25) is 14.2 Å². The predicted molar refractivity (Wildman–Crippen MR) is 122 cm³/mol. The lowest BCUT2D eigenvalue weighted by Gasteiger charge is -2.11. The first-order valence-electron chi connectivity index (χ1n) is 9.65. The second kappa shape index (κ2) is 7.73. The van der Waals surface area contributed by atoms with Gasteiger partial charge in [0, 0.05) is 17.4 Å². The topological polar surface area (TPSA) is 89.8 Å². The summed E-state index contributed by atoms with van der Waals surface area (Å²) in [6.07, 6.45) is 3.15. The lowest BCUT2D eigenvalue weighted by Crippen LogP contribution is -2.28. The highest BCUT2D eigenvalue weighted by atomic mass is 32.1. The molecule has 0 saturated carbocycles. The van der Waals surface area contributed by atoms with E-state index in [1.165, 1.54) is 22.2 Å². The Labute approximate surface area is 181 Å². The number of hydrogen-bond donors (Lipinski definition) is 1. The van der Waals surface area contributed by atoms with E-state index in [9.17, 15) is 9.59 Å². The number of amides is 1. The number of hydrogen-bond acceptors (Lipinski definition) is 6. The van der Waals surface area contributed by atoms with Crippen LogP contribution in [0.25, 0.3) is 31.8 Å². The second-order valence-electron chi connectivity index (χ2n) is 7.12. The second-order valence-corrected chi connectivity index (χ2v) is 8.10. The van der Waals surface area contributed by atoms with E-state index in [1.807, 2.05) is 43.3 Å². The van der Waals surface area contributed by atoms with Crippen LogP contribution in [0, 0.1) is 6.92 Å². The number of carbonyl (C=O) groups excluding carboxylic acids is 1. The largest absolute Gasteiger partial charge is 0.324 e. The summed E-state index contributed by atoms with van der Waals surface area (Å²) in [4.78, 5) is 39.4. The van der Waals surface area contributed by atoms with Gasteiger partial charge in [-0.15, -0.1) is 0 Å². The van der Waals surface area contributed by atoms with Crippen molar-refractivity contribution in [3.05, 3.63) is 83.0 Å². The Morgan fingerprint density at radius 1 is 1.06 bits per heavy atom. The van der Waals surface area contributed by atoms with Crippen LogP contribution in [0.2, 0.25) is 0 Å². The van der Waals surface area contributed by atoms with E-state index >= 15 is 0 Å². The van der Waals surface area contributed by atoms with Crippen molar-refractivity contribution in [1.29, 1.82) is 0 Å². The summed E-state index contributed by atoms with van der Waals surface area (Å²) in [5.41, 5.74) is 3.70. The van der Waals surface area contributed by atoms with Crippen LogP contribution in [0.15, 0.2) is 71.9 Å². The van der Waals surface area contributed by atoms with Crippen molar-refractivity contribution in [2.45, 2.75) is 13.5 Å². The third-order valence-corrected chi connectivity index (χ3v) is 6.00. The maximum atomic E-state index is 12.7. The fraction of sp³-hybridized carbons (Fsp3) is 0.0870. The zero-order valence-corrected chi connectivity index (χ0v) is 17.4. The van der Waals surface area contributed by atoms with Crippen LogP contribution in [0.1, 0.15) is 5.56 Å². The third-order valence-electron chi connectivity index (χ3n) is 4.97. The molecule has 1 amide bonds. The van der Waals surface area contributed by atoms with E-state index in [0.717, 1.165) is 26.5 Å². The fourth-order valence-electron chi connectivity index (χ4n) is 3.35. The lowest BCUT2D eigenvalue weighted by molar-refractivity contribution is -0.116. The molecule has 5 aromatic rings. The smallest absolute Gasteiger partial charge is 0.261 e. The van der Waals surface area contributed by atoms with Crippen molar-refractivity contribution in [2.24, 2.45) is 0 Å². The summed E-state index contributed by atoms with van der Waals surface area (Å²) < 4.78 is 1.32. The molecule has 3 aromatic heterocycles. The molecule has 7 nitrogen and oxygen atoms in total. The average Bonchev–Trinajstić information content (AvgIpc) is 3.22. The number of nitrogens with zero attached hydrogens (tertiary/aromatic N) is 4. The fourth-order valence-corrected chi connectivity index (χ4v) is 4.25. The summed E-state index contributed by atoms with van der Waals surface area (Å²) in [5, 5.41) is 4.23. The van der Waals surface area contributed by atoms with E-state index in [2.05, 4.69) is 20.3 Å². The predicted octanol–water partition coefficient (Wildman–Crippen LogP) is 4.02. The number of para-hydroxylation sites is 1. The first-order valence-corrected chi connectivity index (χ1v) is 10.5. The summed E-state index contributed by atoms with van der Waals surface area (Å²) >= 11 is 1.50. The van der Waals surface area contributed by atoms with Crippen LogP contribution < -0.4 is 10.9 Å². The van der Waals surface area contributed by atoms with Crippen molar-refractivity contribution in [1.82, 2.24) is 19.5 Å². The zero-order chi connectivity index (χ0) is 21.4. The molecule has 0 aliphatic carbocycles. The number of rotatable bonds is 4.